The summed E-state index contributed by atoms with van der Waals surface area (Å²) in [5.74, 6) is -2.24. The number of nitrogens with one attached hydrogen (secondary N) is 1. The molecule has 27 heavy (non-hydrogen) atoms. The maximum atomic E-state index is 13.7. The number of benzene rings is 2. The number of rotatable bonds is 8. The normalized spacial score (nSPS) is 12.9. The molecule has 0 saturated heterocycles. The van der Waals surface area contributed by atoms with E-state index in [4.69, 9.17) is 9.47 Å². The van der Waals surface area contributed by atoms with Crippen LogP contribution in [0.2, 0.25) is 0 Å². The first-order chi connectivity index (χ1) is 12.9. The fraction of sp³-hybridized carbons (Fsp3) is 0.316. The number of hydrogen-bond acceptors (Lipinski definition) is 5. The summed E-state index contributed by atoms with van der Waals surface area (Å²) < 4.78 is 36.9. The van der Waals surface area contributed by atoms with E-state index in [1.54, 1.807) is 12.1 Å². The van der Waals surface area contributed by atoms with Gasteiger partial charge in [0.25, 0.3) is 0 Å². The molecule has 8 heteroatoms. The van der Waals surface area contributed by atoms with E-state index < -0.39 is 29.9 Å². The minimum atomic E-state index is -1.59. The van der Waals surface area contributed by atoms with Crippen LogP contribution in [0.3, 0.4) is 0 Å². The summed E-state index contributed by atoms with van der Waals surface area (Å²) in [4.78, 5) is 11.6. The fourth-order valence-electron chi connectivity index (χ4n) is 2.48. The van der Waals surface area contributed by atoms with Gasteiger partial charge in [-0.1, -0.05) is 30.3 Å². The standard InChI is InChI=1S/C19H21F2NO5/c1-26-18-14(9-13(20)10-15(18)21)17(24)16(23)7-8-22-19(25)27-11-12-5-3-2-4-6-12/h2-6,9-10,16-17,23-24H,7-8,11H2,1H3,(H,22,25). The van der Waals surface area contributed by atoms with Gasteiger partial charge in [0, 0.05) is 18.2 Å². The number of carbonyl (C=O) groups excluding carboxylic acids is 1. The van der Waals surface area contributed by atoms with Crippen molar-refractivity contribution in [1.29, 1.82) is 0 Å². The van der Waals surface area contributed by atoms with Gasteiger partial charge < -0.3 is 25.0 Å². The number of halogens is 2. The lowest BCUT2D eigenvalue weighted by Crippen LogP contribution is -2.30. The molecule has 6 nitrogen and oxygen atoms in total. The maximum Gasteiger partial charge on any atom is 0.407 e. The zero-order chi connectivity index (χ0) is 19.8. The van der Waals surface area contributed by atoms with Gasteiger partial charge in [-0.3, -0.25) is 0 Å². The Morgan fingerprint density at radius 1 is 1.19 bits per heavy atom. The number of carbonyl (C=O) groups is 1. The van der Waals surface area contributed by atoms with Gasteiger partial charge in [-0.25, -0.2) is 13.6 Å². The highest BCUT2D eigenvalue weighted by molar-refractivity contribution is 5.67. The highest BCUT2D eigenvalue weighted by Gasteiger charge is 2.25. The Morgan fingerprint density at radius 3 is 2.56 bits per heavy atom. The molecule has 0 bridgehead atoms. The molecule has 2 rings (SSSR count). The van der Waals surface area contributed by atoms with Gasteiger partial charge in [-0.05, 0) is 18.1 Å². The van der Waals surface area contributed by atoms with Gasteiger partial charge in [-0.15, -0.1) is 0 Å². The van der Waals surface area contributed by atoms with E-state index in [1.165, 1.54) is 7.11 Å². The summed E-state index contributed by atoms with van der Waals surface area (Å²) in [6.45, 7) is 0.0869. The average molecular weight is 381 g/mol. The summed E-state index contributed by atoms with van der Waals surface area (Å²) in [7, 11) is 1.17. The smallest absolute Gasteiger partial charge is 0.407 e. The topological polar surface area (TPSA) is 88.0 Å². The molecule has 2 unspecified atom stereocenters. The van der Waals surface area contributed by atoms with Crippen LogP contribution in [0.25, 0.3) is 0 Å². The molecule has 0 aliphatic heterocycles. The molecule has 2 aromatic carbocycles. The number of methoxy groups -OCH3 is 1. The third-order valence-corrected chi connectivity index (χ3v) is 3.85. The van der Waals surface area contributed by atoms with Crippen LogP contribution in [0, 0.1) is 11.6 Å². The van der Waals surface area contributed by atoms with Crippen LogP contribution in [-0.4, -0.2) is 36.1 Å². The molecule has 0 aliphatic rings. The molecular weight excluding hydrogens is 360 g/mol. The zero-order valence-corrected chi connectivity index (χ0v) is 14.7. The van der Waals surface area contributed by atoms with Crippen molar-refractivity contribution >= 4 is 6.09 Å². The molecule has 0 fully saturated rings. The lowest BCUT2D eigenvalue weighted by atomic mass is 10.0. The maximum absolute atomic E-state index is 13.7. The molecule has 3 N–H and O–H groups in total. The van der Waals surface area contributed by atoms with Crippen LogP contribution >= 0.6 is 0 Å². The van der Waals surface area contributed by atoms with Crippen molar-refractivity contribution in [2.45, 2.75) is 25.2 Å². The van der Waals surface area contributed by atoms with Crippen molar-refractivity contribution in [3.05, 3.63) is 65.2 Å². The van der Waals surface area contributed by atoms with E-state index >= 15 is 0 Å². The molecule has 0 saturated carbocycles. The Bertz CT molecular complexity index is 757. The quantitative estimate of drug-likeness (QED) is 0.654. The number of amides is 1. The molecule has 0 heterocycles. The van der Waals surface area contributed by atoms with Crippen molar-refractivity contribution in [1.82, 2.24) is 5.32 Å². The van der Waals surface area contributed by atoms with Crippen LogP contribution in [0.5, 0.6) is 5.75 Å². The largest absolute Gasteiger partial charge is 0.493 e. The molecule has 1 amide bonds. The first-order valence-electron chi connectivity index (χ1n) is 8.26. The molecule has 0 aliphatic carbocycles. The van der Waals surface area contributed by atoms with Gasteiger partial charge in [-0.2, -0.15) is 0 Å². The van der Waals surface area contributed by atoms with Gasteiger partial charge in [0.05, 0.1) is 13.2 Å². The number of aliphatic hydroxyl groups is 2. The first-order valence-corrected chi connectivity index (χ1v) is 8.26. The Morgan fingerprint density at radius 2 is 1.89 bits per heavy atom. The Labute approximate surface area is 155 Å². The minimum Gasteiger partial charge on any atom is -0.493 e. The van der Waals surface area contributed by atoms with Crippen LogP contribution in [0.15, 0.2) is 42.5 Å². The van der Waals surface area contributed by atoms with E-state index in [0.29, 0.717) is 6.07 Å². The predicted molar refractivity (Wildman–Crippen MR) is 93.1 cm³/mol. The van der Waals surface area contributed by atoms with Crippen molar-refractivity contribution in [2.75, 3.05) is 13.7 Å². The summed E-state index contributed by atoms with van der Waals surface area (Å²) in [6, 6.07) is 10.6. The number of alkyl carbamates (subject to hydrolysis) is 1. The Kier molecular flexibility index (Phi) is 7.51. The van der Waals surface area contributed by atoms with Crippen LogP contribution < -0.4 is 10.1 Å². The van der Waals surface area contributed by atoms with Crippen LogP contribution in [0.1, 0.15) is 23.7 Å². The minimum absolute atomic E-state index is 0.00797. The van der Waals surface area contributed by atoms with Gasteiger partial charge in [0.2, 0.25) is 0 Å². The van der Waals surface area contributed by atoms with Crippen LogP contribution in [-0.2, 0) is 11.3 Å². The van der Waals surface area contributed by atoms with Crippen molar-refractivity contribution in [3.8, 4) is 5.75 Å². The fourth-order valence-corrected chi connectivity index (χ4v) is 2.48. The van der Waals surface area contributed by atoms with Crippen molar-refractivity contribution < 1.29 is 33.3 Å². The third-order valence-electron chi connectivity index (χ3n) is 3.85. The van der Waals surface area contributed by atoms with Gasteiger partial charge in [0.1, 0.15) is 18.5 Å². The second-order valence-electron chi connectivity index (χ2n) is 5.80. The second kappa shape index (κ2) is 9.84. The van der Waals surface area contributed by atoms with Crippen molar-refractivity contribution in [3.63, 3.8) is 0 Å². The molecule has 2 aromatic rings. The van der Waals surface area contributed by atoms with E-state index in [1.807, 2.05) is 18.2 Å². The third kappa shape index (κ3) is 5.90. The highest BCUT2D eigenvalue weighted by atomic mass is 19.1. The van der Waals surface area contributed by atoms with E-state index in [-0.39, 0.29) is 30.9 Å². The first kappa shape index (κ1) is 20.6. The monoisotopic (exact) mass is 381 g/mol. The Hall–Kier alpha value is -2.71. The van der Waals surface area contributed by atoms with Crippen LogP contribution in [0.4, 0.5) is 13.6 Å². The van der Waals surface area contributed by atoms with E-state index in [9.17, 15) is 23.8 Å². The lowest BCUT2D eigenvalue weighted by molar-refractivity contribution is 0.0119. The second-order valence-corrected chi connectivity index (χ2v) is 5.80. The Balaban J connectivity index is 1.83. The molecule has 2 atom stereocenters. The summed E-state index contributed by atoms with van der Waals surface area (Å²) in [5.41, 5.74) is 0.609. The molecular formula is C19H21F2NO5. The zero-order valence-electron chi connectivity index (χ0n) is 14.7. The van der Waals surface area contributed by atoms with E-state index in [0.717, 1.165) is 11.6 Å². The molecule has 0 aromatic heterocycles. The van der Waals surface area contributed by atoms with Gasteiger partial charge in [0.15, 0.2) is 11.6 Å². The van der Waals surface area contributed by atoms with Crippen molar-refractivity contribution in [2.24, 2.45) is 0 Å². The molecule has 0 radical (unpaired) electrons. The predicted octanol–water partition coefficient (Wildman–Crippen LogP) is 2.68. The number of aliphatic hydroxyl groups excluding tert-OH is 2. The number of ether oxygens (including phenoxy) is 2. The highest BCUT2D eigenvalue weighted by Crippen LogP contribution is 2.31. The van der Waals surface area contributed by atoms with E-state index in [2.05, 4.69) is 5.32 Å². The lowest BCUT2D eigenvalue weighted by Gasteiger charge is -2.20. The summed E-state index contributed by atoms with van der Waals surface area (Å²) in [5, 5.41) is 22.6. The average Bonchev–Trinajstić information content (AvgIpc) is 2.66. The van der Waals surface area contributed by atoms with Gasteiger partial charge >= 0.3 is 6.09 Å². The SMILES string of the molecule is COc1c(F)cc(F)cc1C(O)C(O)CCNC(=O)OCc1ccccc1. The summed E-state index contributed by atoms with van der Waals surface area (Å²) in [6.07, 6.45) is -3.72. The summed E-state index contributed by atoms with van der Waals surface area (Å²) >= 11 is 0. The molecule has 146 valence electrons. The molecule has 0 spiro atoms. The number of hydrogen-bond donors (Lipinski definition) is 3.